The fraction of sp³-hybridized carbons (Fsp3) is 0.632. The summed E-state index contributed by atoms with van der Waals surface area (Å²) < 4.78 is 50.3. The van der Waals surface area contributed by atoms with Crippen molar-refractivity contribution >= 4 is 17.3 Å². The average molecular weight is 418 g/mol. The minimum absolute atomic E-state index is 0.0227. The number of alkyl halides is 3. The van der Waals surface area contributed by atoms with E-state index in [1.807, 2.05) is 0 Å². The number of carbonyl (C=O) groups excluding carboxylic acids is 1. The van der Waals surface area contributed by atoms with Crippen LogP contribution in [-0.2, 0) is 20.4 Å². The Morgan fingerprint density at radius 2 is 1.86 bits per heavy atom. The van der Waals surface area contributed by atoms with E-state index < -0.39 is 28.0 Å². The number of anilines is 1. The van der Waals surface area contributed by atoms with Crippen LogP contribution in [-0.4, -0.2) is 35.2 Å². The van der Waals surface area contributed by atoms with Gasteiger partial charge in [0, 0.05) is 24.7 Å². The third kappa shape index (κ3) is 6.88. The first kappa shape index (κ1) is 22.9. The van der Waals surface area contributed by atoms with Crippen molar-refractivity contribution in [1.82, 2.24) is 0 Å². The molecule has 1 aliphatic rings. The van der Waals surface area contributed by atoms with Gasteiger partial charge in [0.05, 0.1) is 17.6 Å². The molecule has 10 heteroatoms. The van der Waals surface area contributed by atoms with Gasteiger partial charge in [0.15, 0.2) is 0 Å². The second-order valence-electron chi connectivity index (χ2n) is 7.77. The number of rotatable bonds is 7. The maximum atomic E-state index is 13.1. The Bertz CT molecular complexity index is 744. The molecular formula is C19H25F3N2O5. The highest BCUT2D eigenvalue weighted by molar-refractivity contribution is 5.66. The van der Waals surface area contributed by atoms with Gasteiger partial charge < -0.3 is 14.8 Å². The lowest BCUT2D eigenvalue weighted by molar-refractivity contribution is -0.388. The van der Waals surface area contributed by atoms with Crippen molar-refractivity contribution in [2.24, 2.45) is 0 Å². The number of hydrogen-bond acceptors (Lipinski definition) is 6. The maximum Gasteiger partial charge on any atom is 0.423 e. The monoisotopic (exact) mass is 418 g/mol. The van der Waals surface area contributed by atoms with Gasteiger partial charge >= 0.3 is 12.1 Å². The van der Waals surface area contributed by atoms with Gasteiger partial charge in [-0.15, -0.1) is 0 Å². The molecule has 0 heterocycles. The standard InChI is InChI=1S/C19H25F3N2O5/c1-12(25)29-18(2,3)11-28-15-7-4-13(5-8-15)23-14-6-9-17(24(26)27)16(10-14)19(20,21)22/h6,9-10,13,15,23H,4-5,7-8,11H2,1-3H3. The van der Waals surface area contributed by atoms with E-state index in [2.05, 4.69) is 5.32 Å². The predicted octanol–water partition coefficient (Wildman–Crippen LogP) is 4.70. The Balaban J connectivity index is 1.91. The molecule has 1 aromatic rings. The Hall–Kier alpha value is -2.36. The second kappa shape index (κ2) is 8.98. The van der Waals surface area contributed by atoms with Crippen LogP contribution in [0, 0.1) is 10.1 Å². The van der Waals surface area contributed by atoms with Gasteiger partial charge in [0.1, 0.15) is 11.2 Å². The number of nitro groups is 1. The predicted molar refractivity (Wildman–Crippen MR) is 99.6 cm³/mol. The van der Waals surface area contributed by atoms with E-state index in [-0.39, 0.29) is 30.4 Å². The summed E-state index contributed by atoms with van der Waals surface area (Å²) in [6, 6.07) is 2.88. The van der Waals surface area contributed by atoms with Gasteiger partial charge in [-0.2, -0.15) is 13.2 Å². The normalized spacial score (nSPS) is 20.2. The van der Waals surface area contributed by atoms with Gasteiger partial charge in [0.25, 0.3) is 5.69 Å². The van der Waals surface area contributed by atoms with Crippen LogP contribution in [0.1, 0.15) is 52.0 Å². The van der Waals surface area contributed by atoms with E-state index in [9.17, 15) is 28.1 Å². The third-order valence-corrected chi connectivity index (χ3v) is 4.63. The van der Waals surface area contributed by atoms with Crippen LogP contribution in [0.3, 0.4) is 0 Å². The van der Waals surface area contributed by atoms with Crippen LogP contribution in [0.4, 0.5) is 24.5 Å². The summed E-state index contributed by atoms with van der Waals surface area (Å²) in [4.78, 5) is 20.9. The molecule has 1 aliphatic carbocycles. The summed E-state index contributed by atoms with van der Waals surface area (Å²) in [6.45, 7) is 5.11. The molecule has 29 heavy (non-hydrogen) atoms. The first-order valence-corrected chi connectivity index (χ1v) is 9.31. The number of ether oxygens (including phenoxy) is 2. The van der Waals surface area contributed by atoms with E-state index in [4.69, 9.17) is 9.47 Å². The van der Waals surface area contributed by atoms with Gasteiger partial charge in [-0.25, -0.2) is 0 Å². The molecule has 0 saturated heterocycles. The number of nitrogens with one attached hydrogen (secondary N) is 1. The SMILES string of the molecule is CC(=O)OC(C)(C)COC1CCC(Nc2ccc([N+](=O)[O-])c(C(F)(F)F)c2)CC1. The Kier molecular flexibility index (Phi) is 7.10. The number of benzene rings is 1. The Morgan fingerprint density at radius 1 is 1.24 bits per heavy atom. The van der Waals surface area contributed by atoms with Gasteiger partial charge in [-0.1, -0.05) is 0 Å². The first-order chi connectivity index (χ1) is 13.4. The molecule has 0 unspecified atom stereocenters. The molecule has 0 atom stereocenters. The molecule has 0 amide bonds. The van der Waals surface area contributed by atoms with Crippen molar-refractivity contribution in [2.45, 2.75) is 70.4 Å². The van der Waals surface area contributed by atoms with Crippen molar-refractivity contribution in [1.29, 1.82) is 0 Å². The molecule has 0 spiro atoms. The smallest absolute Gasteiger partial charge is 0.423 e. The summed E-state index contributed by atoms with van der Waals surface area (Å²) in [5, 5.41) is 13.9. The van der Waals surface area contributed by atoms with Crippen LogP contribution >= 0.6 is 0 Å². The number of carbonyl (C=O) groups is 1. The molecule has 1 aromatic carbocycles. The largest absolute Gasteiger partial charge is 0.457 e. The molecule has 2 rings (SSSR count). The highest BCUT2D eigenvalue weighted by atomic mass is 19.4. The van der Waals surface area contributed by atoms with Crippen molar-refractivity contribution in [3.8, 4) is 0 Å². The summed E-state index contributed by atoms with van der Waals surface area (Å²) in [5.74, 6) is -0.382. The van der Waals surface area contributed by atoms with E-state index in [0.717, 1.165) is 12.1 Å². The van der Waals surface area contributed by atoms with Crippen molar-refractivity contribution in [3.63, 3.8) is 0 Å². The minimum atomic E-state index is -4.81. The highest BCUT2D eigenvalue weighted by Crippen LogP contribution is 2.38. The number of nitrogens with zero attached hydrogens (tertiary/aromatic N) is 1. The van der Waals surface area contributed by atoms with Crippen LogP contribution in [0.5, 0.6) is 0 Å². The van der Waals surface area contributed by atoms with Crippen LogP contribution in [0.2, 0.25) is 0 Å². The lowest BCUT2D eigenvalue weighted by atomic mass is 9.92. The van der Waals surface area contributed by atoms with Gasteiger partial charge in [0.2, 0.25) is 0 Å². The lowest BCUT2D eigenvalue weighted by Gasteiger charge is -2.32. The molecular weight excluding hydrogens is 393 g/mol. The summed E-state index contributed by atoms with van der Waals surface area (Å²) in [5.41, 5.74) is -2.76. The fourth-order valence-electron chi connectivity index (χ4n) is 3.36. The van der Waals surface area contributed by atoms with Crippen molar-refractivity contribution < 1.29 is 32.4 Å². The maximum absolute atomic E-state index is 13.1. The zero-order chi connectivity index (χ0) is 21.8. The van der Waals surface area contributed by atoms with Crippen LogP contribution in [0.25, 0.3) is 0 Å². The number of nitro benzene ring substituents is 1. The summed E-state index contributed by atoms with van der Waals surface area (Å²) in [7, 11) is 0. The van der Waals surface area contributed by atoms with Gasteiger partial charge in [-0.3, -0.25) is 14.9 Å². The Morgan fingerprint density at radius 3 is 2.38 bits per heavy atom. The lowest BCUT2D eigenvalue weighted by Crippen LogP contribution is -2.36. The molecule has 7 nitrogen and oxygen atoms in total. The molecule has 1 saturated carbocycles. The molecule has 1 N–H and O–H groups in total. The second-order valence-corrected chi connectivity index (χ2v) is 7.77. The van der Waals surface area contributed by atoms with Crippen molar-refractivity contribution in [3.05, 3.63) is 33.9 Å². The topological polar surface area (TPSA) is 90.7 Å². The van der Waals surface area contributed by atoms with Gasteiger partial charge in [-0.05, 0) is 51.7 Å². The minimum Gasteiger partial charge on any atom is -0.457 e. The van der Waals surface area contributed by atoms with E-state index in [0.29, 0.717) is 25.7 Å². The third-order valence-electron chi connectivity index (χ3n) is 4.63. The zero-order valence-electron chi connectivity index (χ0n) is 16.5. The number of esters is 1. The molecule has 0 radical (unpaired) electrons. The van der Waals surface area contributed by atoms with E-state index in [1.165, 1.54) is 13.0 Å². The molecule has 0 bridgehead atoms. The molecule has 0 aliphatic heterocycles. The van der Waals surface area contributed by atoms with E-state index >= 15 is 0 Å². The van der Waals surface area contributed by atoms with Crippen molar-refractivity contribution in [2.75, 3.05) is 11.9 Å². The summed E-state index contributed by atoms with van der Waals surface area (Å²) in [6.07, 6.45) is -2.07. The highest BCUT2D eigenvalue weighted by Gasteiger charge is 2.38. The quantitative estimate of drug-likeness (QED) is 0.392. The van der Waals surface area contributed by atoms with Crippen LogP contribution < -0.4 is 5.32 Å². The summed E-state index contributed by atoms with van der Waals surface area (Å²) >= 11 is 0. The number of hydrogen-bond donors (Lipinski definition) is 1. The fourth-order valence-corrected chi connectivity index (χ4v) is 3.36. The average Bonchev–Trinajstić information content (AvgIpc) is 2.59. The molecule has 0 aromatic heterocycles. The Labute approximate surface area is 166 Å². The molecule has 162 valence electrons. The first-order valence-electron chi connectivity index (χ1n) is 9.31. The molecule has 1 fully saturated rings. The van der Waals surface area contributed by atoms with Crippen LogP contribution in [0.15, 0.2) is 18.2 Å². The van der Waals surface area contributed by atoms with E-state index in [1.54, 1.807) is 13.8 Å². The zero-order valence-corrected chi connectivity index (χ0v) is 16.5. The number of halogens is 3.